The van der Waals surface area contributed by atoms with E-state index >= 15 is 0 Å². The van der Waals surface area contributed by atoms with Crippen molar-refractivity contribution in [3.05, 3.63) is 35.4 Å². The Kier molecular flexibility index (Phi) is 4.71. The summed E-state index contributed by atoms with van der Waals surface area (Å²) in [6.45, 7) is 0.432. The van der Waals surface area contributed by atoms with Crippen molar-refractivity contribution in [1.29, 1.82) is 0 Å². The monoisotopic (exact) mass is 243 g/mol. The SMILES string of the molecule is COCCNC(=O)C(=O)c1ccc(F)c(F)c1. The molecule has 0 aliphatic rings. The van der Waals surface area contributed by atoms with Crippen LogP contribution in [0.15, 0.2) is 18.2 Å². The minimum Gasteiger partial charge on any atom is -0.383 e. The second kappa shape index (κ2) is 6.05. The van der Waals surface area contributed by atoms with E-state index in [9.17, 15) is 18.4 Å². The Balaban J connectivity index is 2.68. The summed E-state index contributed by atoms with van der Waals surface area (Å²) in [6.07, 6.45) is 0. The lowest BCUT2D eigenvalue weighted by atomic mass is 10.1. The molecular weight excluding hydrogens is 232 g/mol. The highest BCUT2D eigenvalue weighted by atomic mass is 19.2. The first-order chi connectivity index (χ1) is 8.06. The van der Waals surface area contributed by atoms with E-state index in [1.165, 1.54) is 7.11 Å². The minimum absolute atomic E-state index is 0.171. The van der Waals surface area contributed by atoms with Crippen molar-refractivity contribution >= 4 is 11.7 Å². The first kappa shape index (κ1) is 13.2. The second-order valence-electron chi connectivity index (χ2n) is 3.21. The lowest BCUT2D eigenvalue weighted by Crippen LogP contribution is -2.33. The van der Waals surface area contributed by atoms with Crippen molar-refractivity contribution in [1.82, 2.24) is 5.32 Å². The van der Waals surface area contributed by atoms with Crippen molar-refractivity contribution in [3.63, 3.8) is 0 Å². The Hall–Kier alpha value is -1.82. The van der Waals surface area contributed by atoms with Crippen molar-refractivity contribution < 1.29 is 23.1 Å². The number of carbonyl (C=O) groups is 2. The Bertz CT molecular complexity index is 435. The highest BCUT2D eigenvalue weighted by Crippen LogP contribution is 2.09. The summed E-state index contributed by atoms with van der Waals surface area (Å²) in [4.78, 5) is 22.7. The molecule has 17 heavy (non-hydrogen) atoms. The number of carbonyl (C=O) groups excluding carboxylic acids is 2. The predicted molar refractivity (Wildman–Crippen MR) is 55.6 cm³/mol. The van der Waals surface area contributed by atoms with Crippen molar-refractivity contribution in [2.24, 2.45) is 0 Å². The first-order valence-corrected chi connectivity index (χ1v) is 4.82. The number of benzene rings is 1. The van der Waals surface area contributed by atoms with Gasteiger partial charge in [-0.05, 0) is 18.2 Å². The molecule has 1 amide bonds. The van der Waals surface area contributed by atoms with E-state index in [2.05, 4.69) is 10.1 Å². The van der Waals surface area contributed by atoms with Gasteiger partial charge in [-0.25, -0.2) is 8.78 Å². The number of ether oxygens (including phenoxy) is 1. The number of rotatable bonds is 5. The number of hydrogen-bond acceptors (Lipinski definition) is 3. The first-order valence-electron chi connectivity index (χ1n) is 4.82. The lowest BCUT2D eigenvalue weighted by Gasteiger charge is -2.03. The normalized spacial score (nSPS) is 10.1. The summed E-state index contributed by atoms with van der Waals surface area (Å²) in [5.41, 5.74) is -0.196. The number of halogens is 2. The molecule has 0 aromatic heterocycles. The molecule has 0 aliphatic heterocycles. The highest BCUT2D eigenvalue weighted by molar-refractivity contribution is 6.42. The molecule has 6 heteroatoms. The summed E-state index contributed by atoms with van der Waals surface area (Å²) in [5, 5.41) is 2.29. The molecule has 0 fully saturated rings. The zero-order valence-electron chi connectivity index (χ0n) is 9.13. The summed E-state index contributed by atoms with van der Waals surface area (Å²) < 4.78 is 30.1. The van der Waals surface area contributed by atoms with Gasteiger partial charge < -0.3 is 10.1 Å². The number of Topliss-reactive ketones (excluding diaryl/α,β-unsaturated/α-hetero) is 1. The maximum Gasteiger partial charge on any atom is 0.292 e. The smallest absolute Gasteiger partial charge is 0.292 e. The Labute approximate surface area is 96.6 Å². The van der Waals surface area contributed by atoms with Gasteiger partial charge >= 0.3 is 0 Å². The molecule has 0 atom stereocenters. The van der Waals surface area contributed by atoms with Crippen molar-refractivity contribution in [2.45, 2.75) is 0 Å². The molecule has 92 valence electrons. The number of ketones is 1. The number of amides is 1. The lowest BCUT2D eigenvalue weighted by molar-refractivity contribution is -0.117. The van der Waals surface area contributed by atoms with Gasteiger partial charge in [0.1, 0.15) is 0 Å². The fourth-order valence-electron chi connectivity index (χ4n) is 1.12. The fourth-order valence-corrected chi connectivity index (χ4v) is 1.12. The Morgan fingerprint density at radius 2 is 2.00 bits per heavy atom. The maximum atomic E-state index is 12.8. The van der Waals surface area contributed by atoms with E-state index in [0.29, 0.717) is 6.07 Å². The molecule has 0 saturated heterocycles. The number of hydrogen-bond donors (Lipinski definition) is 1. The Morgan fingerprint density at radius 1 is 1.29 bits per heavy atom. The van der Waals surface area contributed by atoms with E-state index in [-0.39, 0.29) is 18.7 Å². The number of nitrogens with one attached hydrogen (secondary N) is 1. The molecule has 0 saturated carbocycles. The van der Waals surface area contributed by atoms with Crippen LogP contribution in [0.5, 0.6) is 0 Å². The predicted octanol–water partition coefficient (Wildman–Crippen LogP) is 0.910. The van der Waals surface area contributed by atoms with Gasteiger partial charge in [-0.15, -0.1) is 0 Å². The molecule has 0 heterocycles. The van der Waals surface area contributed by atoms with Gasteiger partial charge in [0.2, 0.25) is 5.78 Å². The van der Waals surface area contributed by atoms with Gasteiger partial charge in [0.05, 0.1) is 6.61 Å². The fraction of sp³-hybridized carbons (Fsp3) is 0.273. The second-order valence-corrected chi connectivity index (χ2v) is 3.21. The molecular formula is C11H11F2NO3. The van der Waals surface area contributed by atoms with Crippen LogP contribution < -0.4 is 5.32 Å². The third kappa shape index (κ3) is 3.60. The molecule has 0 spiro atoms. The van der Waals surface area contributed by atoms with Crippen LogP contribution in [0.3, 0.4) is 0 Å². The van der Waals surface area contributed by atoms with Gasteiger partial charge in [0, 0.05) is 19.2 Å². The molecule has 0 unspecified atom stereocenters. The van der Waals surface area contributed by atoms with Gasteiger partial charge in [-0.3, -0.25) is 9.59 Å². The minimum atomic E-state index is -1.17. The zero-order chi connectivity index (χ0) is 12.8. The summed E-state index contributed by atoms with van der Waals surface area (Å²) >= 11 is 0. The van der Waals surface area contributed by atoms with E-state index in [1.54, 1.807) is 0 Å². The van der Waals surface area contributed by atoms with Crippen LogP contribution in [0, 0.1) is 11.6 Å². The van der Waals surface area contributed by atoms with Crippen LogP contribution in [0.2, 0.25) is 0 Å². The highest BCUT2D eigenvalue weighted by Gasteiger charge is 2.17. The van der Waals surface area contributed by atoms with Crippen molar-refractivity contribution in [2.75, 3.05) is 20.3 Å². The number of methoxy groups -OCH3 is 1. The zero-order valence-corrected chi connectivity index (χ0v) is 9.13. The molecule has 1 aromatic carbocycles. The van der Waals surface area contributed by atoms with Crippen LogP contribution in [0.4, 0.5) is 8.78 Å². The van der Waals surface area contributed by atoms with Crippen LogP contribution in [0.1, 0.15) is 10.4 Å². The molecule has 0 radical (unpaired) electrons. The maximum absolute atomic E-state index is 12.8. The average molecular weight is 243 g/mol. The van der Waals surface area contributed by atoms with E-state index in [0.717, 1.165) is 12.1 Å². The van der Waals surface area contributed by atoms with Gasteiger partial charge in [0.15, 0.2) is 11.6 Å². The van der Waals surface area contributed by atoms with Crippen LogP contribution in [-0.4, -0.2) is 32.0 Å². The van der Waals surface area contributed by atoms with Crippen molar-refractivity contribution in [3.8, 4) is 0 Å². The van der Waals surface area contributed by atoms with Gasteiger partial charge in [0.25, 0.3) is 5.91 Å². The molecule has 4 nitrogen and oxygen atoms in total. The summed E-state index contributed by atoms with van der Waals surface area (Å²) in [5.74, 6) is -4.03. The Morgan fingerprint density at radius 3 is 2.59 bits per heavy atom. The van der Waals surface area contributed by atoms with Gasteiger partial charge in [-0.1, -0.05) is 0 Å². The largest absolute Gasteiger partial charge is 0.383 e. The molecule has 1 N–H and O–H groups in total. The topological polar surface area (TPSA) is 55.4 Å². The van der Waals surface area contributed by atoms with Crippen LogP contribution in [0.25, 0.3) is 0 Å². The van der Waals surface area contributed by atoms with E-state index < -0.39 is 23.3 Å². The quantitative estimate of drug-likeness (QED) is 0.475. The average Bonchev–Trinajstić information content (AvgIpc) is 2.32. The van der Waals surface area contributed by atoms with Gasteiger partial charge in [-0.2, -0.15) is 0 Å². The summed E-state index contributed by atoms with van der Waals surface area (Å²) in [7, 11) is 1.45. The molecule has 1 rings (SSSR count). The van der Waals surface area contributed by atoms with E-state index in [1.807, 2.05) is 0 Å². The molecule has 0 bridgehead atoms. The standard InChI is InChI=1S/C11H11F2NO3/c1-17-5-4-14-11(16)10(15)7-2-3-8(12)9(13)6-7/h2-3,6H,4-5H2,1H3,(H,14,16). The summed E-state index contributed by atoms with van der Waals surface area (Å²) in [6, 6.07) is 2.54. The molecule has 1 aromatic rings. The van der Waals surface area contributed by atoms with Crippen LogP contribution >= 0.6 is 0 Å². The molecule has 0 aliphatic carbocycles. The van der Waals surface area contributed by atoms with Crippen LogP contribution in [-0.2, 0) is 9.53 Å². The van der Waals surface area contributed by atoms with E-state index in [4.69, 9.17) is 0 Å². The third-order valence-electron chi connectivity index (χ3n) is 1.98. The third-order valence-corrected chi connectivity index (χ3v) is 1.98.